The van der Waals surface area contributed by atoms with E-state index in [1.807, 2.05) is 41.1 Å². The minimum Gasteiger partial charge on any atom is -0.542 e. The molecule has 0 aliphatic carbocycles. The summed E-state index contributed by atoms with van der Waals surface area (Å²) < 4.78 is 38.4. The Labute approximate surface area is 243 Å². The average Bonchev–Trinajstić information content (AvgIpc) is 3.67. The summed E-state index contributed by atoms with van der Waals surface area (Å²) in [6.45, 7) is 4.75. The molecular weight excluding hydrogens is 581 g/mol. The zero-order valence-corrected chi connectivity index (χ0v) is 23.6. The number of carbonyl (C=O) groups is 2. The van der Waals surface area contributed by atoms with Crippen molar-refractivity contribution in [2.24, 2.45) is 5.92 Å². The van der Waals surface area contributed by atoms with Gasteiger partial charge in [0.15, 0.2) is 0 Å². The molecule has 1 atom stereocenters. The number of aliphatic hydroxyl groups is 1. The number of carbonyl (C=O) groups excluding carboxylic acids is 2. The number of phenolic OH excluding ortho intramolecular Hbond substituents is 1. The molecule has 0 radical (unpaired) electrons. The van der Waals surface area contributed by atoms with Crippen molar-refractivity contribution in [1.29, 1.82) is 0 Å². The van der Waals surface area contributed by atoms with Crippen LogP contribution in [0.15, 0.2) is 59.3 Å². The predicted molar refractivity (Wildman–Crippen MR) is 145 cm³/mol. The summed E-state index contributed by atoms with van der Waals surface area (Å²) in [5.74, 6) is -1.97. The summed E-state index contributed by atoms with van der Waals surface area (Å²) >= 11 is 2.82. The van der Waals surface area contributed by atoms with Crippen LogP contribution < -0.4 is 15.2 Å². The smallest absolute Gasteiger partial charge is 0.430 e. The van der Waals surface area contributed by atoms with Gasteiger partial charge in [-0.2, -0.15) is 13.2 Å². The van der Waals surface area contributed by atoms with Crippen molar-refractivity contribution >= 4 is 34.6 Å². The van der Waals surface area contributed by atoms with Gasteiger partial charge in [0.05, 0.1) is 48.6 Å². The third-order valence-corrected chi connectivity index (χ3v) is 9.55. The van der Waals surface area contributed by atoms with Gasteiger partial charge in [-0.15, -0.1) is 22.7 Å². The molecule has 3 aliphatic rings. The van der Waals surface area contributed by atoms with Crippen LogP contribution >= 0.6 is 22.7 Å². The second kappa shape index (κ2) is 12.8. The first-order chi connectivity index (χ1) is 19.4. The van der Waals surface area contributed by atoms with E-state index < -0.39 is 17.7 Å². The van der Waals surface area contributed by atoms with Crippen LogP contribution in [-0.4, -0.2) is 71.6 Å². The molecule has 5 heterocycles. The molecule has 0 saturated carbocycles. The largest absolute Gasteiger partial charge is 0.542 e. The van der Waals surface area contributed by atoms with Crippen LogP contribution in [0, 0.1) is 5.92 Å². The number of thiophene rings is 2. The number of carboxylic acids is 1. The molecule has 2 aromatic heterocycles. The van der Waals surface area contributed by atoms with Gasteiger partial charge in [-0.1, -0.05) is 18.2 Å². The molecule has 3 aromatic rings. The Bertz CT molecular complexity index is 1260. The molecule has 8 nitrogen and oxygen atoms in total. The van der Waals surface area contributed by atoms with Crippen LogP contribution in [0.3, 0.4) is 0 Å². The Morgan fingerprint density at radius 3 is 2.17 bits per heavy atom. The summed E-state index contributed by atoms with van der Waals surface area (Å²) in [6.07, 6.45) is -2.10. The van der Waals surface area contributed by atoms with Crippen molar-refractivity contribution in [2.75, 3.05) is 32.8 Å². The number of phenols is 1. The van der Waals surface area contributed by atoms with Gasteiger partial charge in [-0.3, -0.25) is 4.79 Å². The highest BCUT2D eigenvalue weighted by Crippen LogP contribution is 2.38. The molecule has 1 amide bonds. The number of carboxylic acid groups (broad SMARTS) is 1. The molecule has 3 fully saturated rings. The number of hydrogen-bond acceptors (Lipinski definition) is 8. The Morgan fingerprint density at radius 2 is 1.66 bits per heavy atom. The summed E-state index contributed by atoms with van der Waals surface area (Å²) in [5.41, 5.74) is -1.64. The lowest BCUT2D eigenvalue weighted by Crippen LogP contribution is -2.68. The highest BCUT2D eigenvalue weighted by molar-refractivity contribution is 7.12. The van der Waals surface area contributed by atoms with E-state index >= 15 is 0 Å². The number of alkyl halides is 3. The quantitative estimate of drug-likeness (QED) is 0.252. The number of aromatic hydroxyl groups is 1. The molecule has 3 N–H and O–H groups in total. The highest BCUT2D eigenvalue weighted by Gasteiger charge is 2.49. The lowest BCUT2D eigenvalue weighted by Gasteiger charge is -2.53. The monoisotopic (exact) mass is 612 g/mol. The summed E-state index contributed by atoms with van der Waals surface area (Å²) in [7, 11) is 0. The van der Waals surface area contributed by atoms with Crippen molar-refractivity contribution in [3.8, 4) is 11.5 Å². The fourth-order valence-corrected chi connectivity index (χ4v) is 7.25. The van der Waals surface area contributed by atoms with Crippen molar-refractivity contribution in [1.82, 2.24) is 5.32 Å². The maximum Gasteiger partial charge on any atom is 0.430 e. The van der Waals surface area contributed by atoms with E-state index in [2.05, 4.69) is 5.32 Å². The fourth-order valence-electron chi connectivity index (χ4n) is 5.52. The Balaban J connectivity index is 0.000000493. The van der Waals surface area contributed by atoms with E-state index in [9.17, 15) is 28.2 Å². The molecule has 6 rings (SSSR count). The molecule has 0 spiro atoms. The number of ether oxygens (including phenoxy) is 1. The highest BCUT2D eigenvalue weighted by atomic mass is 32.1. The minimum atomic E-state index is -5.19. The lowest BCUT2D eigenvalue weighted by atomic mass is 9.81. The number of halogens is 3. The van der Waals surface area contributed by atoms with Crippen LogP contribution in [0.25, 0.3) is 0 Å². The topological polar surface area (TPSA) is 119 Å². The molecule has 222 valence electrons. The van der Waals surface area contributed by atoms with Crippen LogP contribution in [-0.2, 0) is 15.2 Å². The van der Waals surface area contributed by atoms with Gasteiger partial charge in [0.2, 0.25) is 5.60 Å². The average molecular weight is 613 g/mol. The van der Waals surface area contributed by atoms with Gasteiger partial charge < -0.3 is 34.7 Å². The molecule has 0 unspecified atom stereocenters. The number of benzene rings is 1. The molecule has 41 heavy (non-hydrogen) atoms. The molecule has 3 aliphatic heterocycles. The van der Waals surface area contributed by atoms with Crippen molar-refractivity contribution in [3.63, 3.8) is 0 Å². The van der Waals surface area contributed by atoms with Crippen LogP contribution in [0.2, 0.25) is 0 Å². The number of aliphatic carboxylic acids is 1. The fraction of sp³-hybridized carbons (Fsp3) is 0.429. The standard InChI is InChI=1S/C26H30N2O4S2.C2HF3O2/c29-20-5-1-6-21(17-20)32-14-4-11-28-12-9-19(10-13-28)22(18-28)27-25(30)26(31,23-7-2-15-33-23)24-8-3-16-34-24;3-2(4,5)1(6)7/h1-3,5-8,15-17,19,22,31H,4,9-14,18H2,(H-,27,29,30);(H,6,7)/t19?,22-,28?;/m0./s1. The third-order valence-electron chi connectivity index (χ3n) is 7.60. The van der Waals surface area contributed by atoms with Crippen LogP contribution in [0.5, 0.6) is 11.5 Å². The van der Waals surface area contributed by atoms with E-state index in [-0.39, 0.29) is 17.7 Å². The first-order valence-corrected chi connectivity index (χ1v) is 14.9. The molecule has 13 heteroatoms. The van der Waals surface area contributed by atoms with E-state index in [1.165, 1.54) is 22.7 Å². The van der Waals surface area contributed by atoms with Gasteiger partial charge in [-0.25, -0.2) is 0 Å². The van der Waals surface area contributed by atoms with Crippen molar-refractivity contribution < 1.29 is 47.3 Å². The Kier molecular flexibility index (Phi) is 9.62. The minimum absolute atomic E-state index is 0.0634. The third kappa shape index (κ3) is 7.39. The molecule has 3 saturated heterocycles. The molecule has 1 aromatic carbocycles. The van der Waals surface area contributed by atoms with Gasteiger partial charge in [-0.05, 0) is 40.9 Å². The van der Waals surface area contributed by atoms with E-state index in [1.54, 1.807) is 18.2 Å². The van der Waals surface area contributed by atoms with E-state index in [0.717, 1.165) is 49.9 Å². The Morgan fingerprint density at radius 1 is 1.05 bits per heavy atom. The molecule has 2 bridgehead atoms. The van der Waals surface area contributed by atoms with Crippen molar-refractivity contribution in [3.05, 3.63) is 69.0 Å². The van der Waals surface area contributed by atoms with E-state index in [4.69, 9.17) is 14.6 Å². The summed E-state index contributed by atoms with van der Waals surface area (Å²) in [6, 6.07) is 14.4. The Hall–Kier alpha value is -3.13. The maximum atomic E-state index is 13.6. The lowest BCUT2D eigenvalue weighted by molar-refractivity contribution is -0.944. The van der Waals surface area contributed by atoms with Crippen molar-refractivity contribution in [2.45, 2.75) is 37.1 Å². The van der Waals surface area contributed by atoms with E-state index in [0.29, 0.717) is 28.0 Å². The SMILES string of the molecule is O=C(N[C@H]1C[N+]2(CCCOc3cccc(O)c3)CCC1CC2)C(O)(c1cccs1)c1cccs1.O=C([O-])C(F)(F)F. The number of piperidine rings is 3. The number of nitrogens with zero attached hydrogens (tertiary/aromatic N) is 1. The number of quaternary nitrogens is 1. The number of nitrogens with one attached hydrogen (secondary N) is 1. The second-order valence-corrected chi connectivity index (χ2v) is 12.2. The summed E-state index contributed by atoms with van der Waals surface area (Å²) in [5, 5.41) is 37.1. The molecular formula is C28H31F3N2O6S2. The number of fused-ring (bicyclic) bond motifs is 3. The van der Waals surface area contributed by atoms with Crippen LogP contribution in [0.1, 0.15) is 29.0 Å². The van der Waals surface area contributed by atoms with Gasteiger partial charge in [0.25, 0.3) is 5.91 Å². The van der Waals surface area contributed by atoms with Crippen LogP contribution in [0.4, 0.5) is 13.2 Å². The zero-order valence-electron chi connectivity index (χ0n) is 22.0. The van der Waals surface area contributed by atoms with Gasteiger partial charge in [0.1, 0.15) is 17.5 Å². The summed E-state index contributed by atoms with van der Waals surface area (Å²) in [4.78, 5) is 23.7. The first-order valence-electron chi connectivity index (χ1n) is 13.1. The number of amides is 1. The predicted octanol–water partition coefficient (Wildman–Crippen LogP) is 3.24. The number of hydrogen-bond donors (Lipinski definition) is 3. The maximum absolute atomic E-state index is 13.6. The van der Waals surface area contributed by atoms with Gasteiger partial charge in [0, 0.05) is 25.3 Å². The van der Waals surface area contributed by atoms with Gasteiger partial charge >= 0.3 is 6.18 Å². The first kappa shape index (κ1) is 30.8. The normalized spacial score (nSPS) is 22.0. The second-order valence-electron chi connectivity index (χ2n) is 10.3. The zero-order chi connectivity index (χ0) is 29.7. The number of rotatable bonds is 9.